The lowest BCUT2D eigenvalue weighted by molar-refractivity contribution is 0.828. The van der Waals surface area contributed by atoms with Gasteiger partial charge in [-0.05, 0) is 38.3 Å². The zero-order valence-corrected chi connectivity index (χ0v) is 11.5. The molecule has 1 heterocycles. The van der Waals surface area contributed by atoms with Crippen LogP contribution in [-0.4, -0.2) is 21.9 Å². The number of hydrogen-bond acceptors (Lipinski definition) is 3. The Morgan fingerprint density at radius 1 is 1.39 bits per heavy atom. The quantitative estimate of drug-likeness (QED) is 0.506. The molecule has 1 aromatic carbocycles. The van der Waals surface area contributed by atoms with Gasteiger partial charge < -0.3 is 5.73 Å². The number of rotatable bonds is 3. The van der Waals surface area contributed by atoms with Gasteiger partial charge >= 0.3 is 0 Å². The summed E-state index contributed by atoms with van der Waals surface area (Å²) < 4.78 is 1.84. The largest absolute Gasteiger partial charge is 0.384 e. The molecule has 0 aliphatic carbocycles. The first-order valence-electron chi connectivity index (χ1n) is 5.59. The highest BCUT2D eigenvalue weighted by Crippen LogP contribution is 2.26. The Bertz CT molecular complexity index is 601. The van der Waals surface area contributed by atoms with Gasteiger partial charge in [0.2, 0.25) is 0 Å². The number of nitrogens with two attached hydrogens (primary N) is 1. The molecule has 4 nitrogen and oxygen atoms in total. The van der Waals surface area contributed by atoms with Crippen LogP contribution in [0.1, 0.15) is 17.0 Å². The first kappa shape index (κ1) is 12.7. The van der Waals surface area contributed by atoms with Crippen molar-refractivity contribution in [2.75, 3.05) is 6.26 Å². The van der Waals surface area contributed by atoms with Gasteiger partial charge in [0, 0.05) is 10.6 Å². The molecule has 0 bridgehead atoms. The van der Waals surface area contributed by atoms with E-state index in [2.05, 4.69) is 5.10 Å². The second-order valence-electron chi connectivity index (χ2n) is 4.11. The second-order valence-corrected chi connectivity index (χ2v) is 4.96. The number of nitrogens with one attached hydrogen (secondary N) is 1. The van der Waals surface area contributed by atoms with Crippen LogP contribution in [0.3, 0.4) is 0 Å². The van der Waals surface area contributed by atoms with Gasteiger partial charge in [-0.15, -0.1) is 11.8 Å². The minimum atomic E-state index is 0.0718. The molecule has 0 spiro atoms. The van der Waals surface area contributed by atoms with E-state index in [0.29, 0.717) is 0 Å². The van der Waals surface area contributed by atoms with Crippen LogP contribution in [0, 0.1) is 19.3 Å². The Labute approximate surface area is 111 Å². The second kappa shape index (κ2) is 4.86. The fraction of sp³-hybridized carbons (Fsp3) is 0.231. The molecule has 0 saturated carbocycles. The SMILES string of the molecule is CSc1cccc(-n2nc(C)cc2C)c1C(=N)N. The molecule has 0 amide bonds. The number of aryl methyl sites for hydroxylation is 2. The molecular formula is C13H16N4S. The van der Waals surface area contributed by atoms with Gasteiger partial charge in [0.05, 0.1) is 16.9 Å². The van der Waals surface area contributed by atoms with Crippen LogP contribution in [0.2, 0.25) is 0 Å². The average Bonchev–Trinajstić information content (AvgIpc) is 2.67. The molecule has 0 saturated heterocycles. The molecule has 0 radical (unpaired) electrons. The summed E-state index contributed by atoms with van der Waals surface area (Å²) in [5.41, 5.74) is 9.31. The van der Waals surface area contributed by atoms with Gasteiger partial charge in [-0.2, -0.15) is 5.10 Å². The zero-order chi connectivity index (χ0) is 13.3. The van der Waals surface area contributed by atoms with E-state index >= 15 is 0 Å². The van der Waals surface area contributed by atoms with E-state index in [1.165, 1.54) is 0 Å². The summed E-state index contributed by atoms with van der Waals surface area (Å²) in [6.45, 7) is 3.95. The van der Waals surface area contributed by atoms with E-state index in [9.17, 15) is 0 Å². The van der Waals surface area contributed by atoms with Crippen molar-refractivity contribution < 1.29 is 0 Å². The van der Waals surface area contributed by atoms with Gasteiger partial charge in [-0.3, -0.25) is 5.41 Å². The molecule has 0 atom stereocenters. The van der Waals surface area contributed by atoms with Gasteiger partial charge in [0.1, 0.15) is 5.84 Å². The number of nitrogen functional groups attached to an aromatic ring is 1. The number of hydrogen-bond donors (Lipinski definition) is 2. The number of benzene rings is 1. The van der Waals surface area contributed by atoms with E-state index in [1.54, 1.807) is 11.8 Å². The Morgan fingerprint density at radius 2 is 2.11 bits per heavy atom. The molecule has 18 heavy (non-hydrogen) atoms. The first-order valence-corrected chi connectivity index (χ1v) is 6.82. The predicted octanol–water partition coefficient (Wildman–Crippen LogP) is 2.50. The van der Waals surface area contributed by atoms with Crippen molar-refractivity contribution in [2.24, 2.45) is 5.73 Å². The van der Waals surface area contributed by atoms with E-state index in [4.69, 9.17) is 11.1 Å². The van der Waals surface area contributed by atoms with Crippen LogP contribution < -0.4 is 5.73 Å². The number of amidine groups is 1. The summed E-state index contributed by atoms with van der Waals surface area (Å²) in [5.74, 6) is 0.0718. The van der Waals surface area contributed by atoms with Gasteiger partial charge in [0.25, 0.3) is 0 Å². The predicted molar refractivity (Wildman–Crippen MR) is 75.8 cm³/mol. The number of thioether (sulfide) groups is 1. The molecule has 3 N–H and O–H groups in total. The molecular weight excluding hydrogens is 244 g/mol. The summed E-state index contributed by atoms with van der Waals surface area (Å²) in [6.07, 6.45) is 1.98. The molecule has 0 unspecified atom stereocenters. The maximum Gasteiger partial charge on any atom is 0.126 e. The van der Waals surface area contributed by atoms with Gasteiger partial charge in [-0.25, -0.2) is 4.68 Å². The smallest absolute Gasteiger partial charge is 0.126 e. The fourth-order valence-corrected chi connectivity index (χ4v) is 2.64. The maximum atomic E-state index is 7.77. The number of nitrogens with zero attached hydrogens (tertiary/aromatic N) is 2. The zero-order valence-electron chi connectivity index (χ0n) is 10.7. The van der Waals surface area contributed by atoms with Crippen molar-refractivity contribution in [2.45, 2.75) is 18.7 Å². The molecule has 0 aliphatic rings. The topological polar surface area (TPSA) is 67.7 Å². The van der Waals surface area contributed by atoms with E-state index in [-0.39, 0.29) is 5.84 Å². The number of aromatic nitrogens is 2. The van der Waals surface area contributed by atoms with Crippen molar-refractivity contribution in [1.82, 2.24) is 9.78 Å². The Balaban J connectivity index is 2.71. The van der Waals surface area contributed by atoms with Crippen LogP contribution in [0.4, 0.5) is 0 Å². The monoisotopic (exact) mass is 260 g/mol. The summed E-state index contributed by atoms with van der Waals surface area (Å²) in [5, 5.41) is 12.2. The Kier molecular flexibility index (Phi) is 3.43. The standard InChI is InChI=1S/C13H16N4S/c1-8-7-9(2)17(16-8)10-5-4-6-11(18-3)12(10)13(14)15/h4-7H,1-3H3,(H3,14,15). The minimum absolute atomic E-state index is 0.0718. The third kappa shape index (κ3) is 2.13. The van der Waals surface area contributed by atoms with Crippen molar-refractivity contribution in [3.8, 4) is 5.69 Å². The average molecular weight is 260 g/mol. The Hall–Kier alpha value is -1.75. The highest BCUT2D eigenvalue weighted by molar-refractivity contribution is 7.98. The fourth-order valence-electron chi connectivity index (χ4n) is 2.01. The van der Waals surface area contributed by atoms with Crippen molar-refractivity contribution in [3.05, 3.63) is 41.2 Å². The molecule has 2 aromatic rings. The van der Waals surface area contributed by atoms with Crippen LogP contribution in [0.25, 0.3) is 5.69 Å². The molecule has 0 fully saturated rings. The van der Waals surface area contributed by atoms with Gasteiger partial charge in [0.15, 0.2) is 0 Å². The lowest BCUT2D eigenvalue weighted by atomic mass is 10.1. The Morgan fingerprint density at radius 3 is 2.61 bits per heavy atom. The minimum Gasteiger partial charge on any atom is -0.384 e. The van der Waals surface area contributed by atoms with E-state index in [0.717, 1.165) is 27.5 Å². The highest BCUT2D eigenvalue weighted by Gasteiger charge is 2.14. The lowest BCUT2D eigenvalue weighted by Crippen LogP contribution is -2.17. The summed E-state index contributed by atoms with van der Waals surface area (Å²) in [6, 6.07) is 7.88. The maximum absolute atomic E-state index is 7.77. The molecule has 5 heteroatoms. The van der Waals surface area contributed by atoms with Crippen LogP contribution >= 0.6 is 11.8 Å². The lowest BCUT2D eigenvalue weighted by Gasteiger charge is -2.13. The molecule has 0 aliphatic heterocycles. The van der Waals surface area contributed by atoms with Crippen LogP contribution in [0.5, 0.6) is 0 Å². The van der Waals surface area contributed by atoms with E-state index < -0.39 is 0 Å². The van der Waals surface area contributed by atoms with Crippen molar-refractivity contribution >= 4 is 17.6 Å². The summed E-state index contributed by atoms with van der Waals surface area (Å²) >= 11 is 1.58. The first-order chi connectivity index (χ1) is 8.54. The van der Waals surface area contributed by atoms with Crippen molar-refractivity contribution in [3.63, 3.8) is 0 Å². The third-order valence-corrected chi connectivity index (χ3v) is 3.51. The molecule has 94 valence electrons. The highest BCUT2D eigenvalue weighted by atomic mass is 32.2. The summed E-state index contributed by atoms with van der Waals surface area (Å²) in [7, 11) is 0. The molecule has 1 aromatic heterocycles. The van der Waals surface area contributed by atoms with Crippen LogP contribution in [-0.2, 0) is 0 Å². The van der Waals surface area contributed by atoms with Crippen LogP contribution in [0.15, 0.2) is 29.2 Å². The summed E-state index contributed by atoms with van der Waals surface area (Å²) in [4.78, 5) is 0.993. The van der Waals surface area contributed by atoms with E-state index in [1.807, 2.05) is 49.1 Å². The van der Waals surface area contributed by atoms with Crippen molar-refractivity contribution in [1.29, 1.82) is 5.41 Å². The normalized spacial score (nSPS) is 10.6. The third-order valence-electron chi connectivity index (χ3n) is 2.73. The molecule has 2 rings (SSSR count). The van der Waals surface area contributed by atoms with Gasteiger partial charge in [-0.1, -0.05) is 6.07 Å².